The normalized spacial score (nSPS) is 11.1. The molecule has 2 heterocycles. The van der Waals surface area contributed by atoms with E-state index in [0.29, 0.717) is 34.9 Å². The molecular formula is C22H23N7O2S. The Labute approximate surface area is 189 Å². The Morgan fingerprint density at radius 1 is 1.19 bits per heavy atom. The standard InChI is InChI=1S/C22H23N7O2S/c1-14(2)15-7-9-16(10-8-15)21-24-20(31-26-21)12-11-19(30)23-17-5-4-6-18(13-17)29-22(32-3)25-27-28-29/h4-10,13-14H,11-12H2,1-3H3,(H,23,30). The van der Waals surface area contributed by atoms with Crippen LogP contribution in [0.1, 0.15) is 37.6 Å². The van der Waals surface area contributed by atoms with Crippen LogP contribution in [0.5, 0.6) is 0 Å². The highest BCUT2D eigenvalue weighted by molar-refractivity contribution is 7.98. The first-order valence-electron chi connectivity index (χ1n) is 10.2. The summed E-state index contributed by atoms with van der Waals surface area (Å²) in [6, 6.07) is 15.4. The van der Waals surface area contributed by atoms with E-state index in [1.54, 1.807) is 4.68 Å². The van der Waals surface area contributed by atoms with E-state index in [1.807, 2.05) is 42.7 Å². The van der Waals surface area contributed by atoms with Crippen molar-refractivity contribution < 1.29 is 9.32 Å². The molecule has 0 bridgehead atoms. The van der Waals surface area contributed by atoms with Gasteiger partial charge < -0.3 is 9.84 Å². The van der Waals surface area contributed by atoms with Crippen LogP contribution in [-0.2, 0) is 11.2 Å². The topological polar surface area (TPSA) is 112 Å². The van der Waals surface area contributed by atoms with E-state index in [0.717, 1.165) is 11.3 Å². The van der Waals surface area contributed by atoms with Crippen LogP contribution in [0, 0.1) is 0 Å². The second-order valence-corrected chi connectivity index (χ2v) is 8.24. The number of benzene rings is 2. The molecule has 4 aromatic rings. The zero-order chi connectivity index (χ0) is 22.5. The van der Waals surface area contributed by atoms with Crippen molar-refractivity contribution in [1.82, 2.24) is 30.3 Å². The second-order valence-electron chi connectivity index (χ2n) is 7.46. The van der Waals surface area contributed by atoms with E-state index in [1.165, 1.54) is 17.3 Å². The van der Waals surface area contributed by atoms with E-state index in [-0.39, 0.29) is 12.3 Å². The summed E-state index contributed by atoms with van der Waals surface area (Å²) in [6.45, 7) is 4.30. The third-order valence-electron chi connectivity index (χ3n) is 4.87. The maximum Gasteiger partial charge on any atom is 0.227 e. The number of amides is 1. The van der Waals surface area contributed by atoms with Gasteiger partial charge in [-0.3, -0.25) is 4.79 Å². The molecule has 0 atom stereocenters. The number of nitrogens with one attached hydrogen (secondary N) is 1. The highest BCUT2D eigenvalue weighted by Crippen LogP contribution is 2.21. The smallest absolute Gasteiger partial charge is 0.227 e. The van der Waals surface area contributed by atoms with Crippen LogP contribution in [0.2, 0.25) is 0 Å². The Kier molecular flexibility index (Phi) is 6.60. The second kappa shape index (κ2) is 9.73. The van der Waals surface area contributed by atoms with E-state index < -0.39 is 0 Å². The van der Waals surface area contributed by atoms with Crippen molar-refractivity contribution in [1.29, 1.82) is 0 Å². The number of aromatic nitrogens is 6. The Bertz CT molecular complexity index is 1200. The van der Waals surface area contributed by atoms with Crippen molar-refractivity contribution >= 4 is 23.4 Å². The van der Waals surface area contributed by atoms with Gasteiger partial charge in [-0.2, -0.15) is 9.67 Å². The van der Waals surface area contributed by atoms with Crippen molar-refractivity contribution in [3.63, 3.8) is 0 Å². The third kappa shape index (κ3) is 5.02. The fourth-order valence-corrected chi connectivity index (χ4v) is 3.55. The summed E-state index contributed by atoms with van der Waals surface area (Å²) < 4.78 is 6.94. The maximum atomic E-state index is 12.4. The minimum absolute atomic E-state index is 0.148. The number of carbonyl (C=O) groups excluding carboxylic acids is 1. The number of aryl methyl sites for hydroxylation is 1. The van der Waals surface area contributed by atoms with Gasteiger partial charge in [0.15, 0.2) is 0 Å². The molecule has 0 radical (unpaired) electrons. The molecule has 2 aromatic heterocycles. The Morgan fingerprint density at radius 2 is 2.00 bits per heavy atom. The molecular weight excluding hydrogens is 426 g/mol. The number of carbonyl (C=O) groups is 1. The van der Waals surface area contributed by atoms with Crippen LogP contribution in [0.4, 0.5) is 5.69 Å². The van der Waals surface area contributed by atoms with Gasteiger partial charge in [-0.25, -0.2) is 0 Å². The fraction of sp³-hybridized carbons (Fsp3) is 0.273. The highest BCUT2D eigenvalue weighted by atomic mass is 32.2. The molecule has 32 heavy (non-hydrogen) atoms. The SMILES string of the molecule is CSc1nnnn1-c1cccc(NC(=O)CCc2nc(-c3ccc(C(C)C)cc3)no2)c1. The van der Waals surface area contributed by atoms with E-state index in [4.69, 9.17) is 4.52 Å². The molecule has 1 N–H and O–H groups in total. The molecule has 4 rings (SSSR count). The number of anilines is 1. The molecule has 2 aromatic carbocycles. The molecule has 0 fully saturated rings. The molecule has 0 saturated carbocycles. The number of hydrogen-bond donors (Lipinski definition) is 1. The maximum absolute atomic E-state index is 12.4. The predicted octanol–water partition coefficient (Wildman–Crippen LogP) is 4.13. The molecule has 9 nitrogen and oxygen atoms in total. The lowest BCUT2D eigenvalue weighted by atomic mass is 10.0. The van der Waals surface area contributed by atoms with Crippen molar-refractivity contribution in [2.45, 2.75) is 37.8 Å². The zero-order valence-corrected chi connectivity index (χ0v) is 18.8. The number of rotatable bonds is 8. The van der Waals surface area contributed by atoms with Gasteiger partial charge in [-0.1, -0.05) is 61.1 Å². The van der Waals surface area contributed by atoms with Gasteiger partial charge in [-0.15, -0.1) is 5.10 Å². The fourth-order valence-electron chi connectivity index (χ4n) is 3.12. The molecule has 0 spiro atoms. The van der Waals surface area contributed by atoms with Crippen LogP contribution >= 0.6 is 11.8 Å². The number of tetrazole rings is 1. The van der Waals surface area contributed by atoms with Crippen LogP contribution in [0.25, 0.3) is 17.1 Å². The van der Waals surface area contributed by atoms with Crippen LogP contribution < -0.4 is 5.32 Å². The van der Waals surface area contributed by atoms with Gasteiger partial charge in [0.05, 0.1) is 5.69 Å². The van der Waals surface area contributed by atoms with Crippen molar-refractivity contribution in [2.24, 2.45) is 0 Å². The molecule has 0 saturated heterocycles. The van der Waals surface area contributed by atoms with Gasteiger partial charge in [0.1, 0.15) is 0 Å². The number of thioether (sulfide) groups is 1. The average molecular weight is 450 g/mol. The summed E-state index contributed by atoms with van der Waals surface area (Å²) in [5.74, 6) is 1.26. The summed E-state index contributed by atoms with van der Waals surface area (Å²) in [4.78, 5) is 16.8. The Hall–Kier alpha value is -3.53. The highest BCUT2D eigenvalue weighted by Gasteiger charge is 2.12. The number of hydrogen-bond acceptors (Lipinski definition) is 8. The lowest BCUT2D eigenvalue weighted by Crippen LogP contribution is -2.12. The Balaban J connectivity index is 1.35. The molecule has 1 amide bonds. The third-order valence-corrected chi connectivity index (χ3v) is 5.49. The minimum atomic E-state index is -0.148. The quantitative estimate of drug-likeness (QED) is 0.400. The summed E-state index contributed by atoms with van der Waals surface area (Å²) in [7, 11) is 0. The molecule has 0 aliphatic rings. The lowest BCUT2D eigenvalue weighted by Gasteiger charge is -2.07. The summed E-state index contributed by atoms with van der Waals surface area (Å²) in [5, 5.41) is 19.2. The summed E-state index contributed by atoms with van der Waals surface area (Å²) in [6.07, 6.45) is 2.47. The summed E-state index contributed by atoms with van der Waals surface area (Å²) in [5.41, 5.74) is 3.56. The van der Waals surface area contributed by atoms with Gasteiger partial charge in [-0.05, 0) is 46.4 Å². The Morgan fingerprint density at radius 3 is 2.75 bits per heavy atom. The zero-order valence-electron chi connectivity index (χ0n) is 18.0. The molecule has 10 heteroatoms. The van der Waals surface area contributed by atoms with E-state index in [9.17, 15) is 4.79 Å². The van der Waals surface area contributed by atoms with E-state index in [2.05, 4.69) is 57.0 Å². The molecule has 0 aliphatic heterocycles. The van der Waals surface area contributed by atoms with Gasteiger partial charge in [0.2, 0.25) is 22.8 Å². The largest absolute Gasteiger partial charge is 0.339 e. The van der Waals surface area contributed by atoms with Crippen LogP contribution in [0.15, 0.2) is 58.2 Å². The predicted molar refractivity (Wildman–Crippen MR) is 122 cm³/mol. The van der Waals surface area contributed by atoms with Crippen LogP contribution in [0.3, 0.4) is 0 Å². The minimum Gasteiger partial charge on any atom is -0.339 e. The van der Waals surface area contributed by atoms with Crippen molar-refractivity contribution in [2.75, 3.05) is 11.6 Å². The monoisotopic (exact) mass is 449 g/mol. The van der Waals surface area contributed by atoms with Crippen LogP contribution in [-0.4, -0.2) is 42.5 Å². The van der Waals surface area contributed by atoms with Crippen molar-refractivity contribution in [3.8, 4) is 17.1 Å². The first-order chi connectivity index (χ1) is 15.5. The molecule has 0 aliphatic carbocycles. The average Bonchev–Trinajstić information content (AvgIpc) is 3.47. The molecule has 164 valence electrons. The van der Waals surface area contributed by atoms with Gasteiger partial charge in [0.25, 0.3) is 0 Å². The first kappa shape index (κ1) is 21.7. The number of nitrogens with zero attached hydrogens (tertiary/aromatic N) is 6. The van der Waals surface area contributed by atoms with Crippen molar-refractivity contribution in [3.05, 3.63) is 60.0 Å². The van der Waals surface area contributed by atoms with Gasteiger partial charge >= 0.3 is 0 Å². The first-order valence-corrected chi connectivity index (χ1v) is 11.4. The van der Waals surface area contributed by atoms with E-state index >= 15 is 0 Å². The summed E-state index contributed by atoms with van der Waals surface area (Å²) >= 11 is 1.44. The lowest BCUT2D eigenvalue weighted by molar-refractivity contribution is -0.116. The molecule has 0 unspecified atom stereocenters. The van der Waals surface area contributed by atoms with Gasteiger partial charge in [0, 0.05) is 24.1 Å².